The Bertz CT molecular complexity index is 866. The monoisotopic (exact) mass is 422 g/mol. The molecule has 1 saturated heterocycles. The van der Waals surface area contributed by atoms with Gasteiger partial charge in [0, 0.05) is 58.0 Å². The molecule has 1 amide bonds. The van der Waals surface area contributed by atoms with E-state index in [4.69, 9.17) is 23.2 Å². The van der Waals surface area contributed by atoms with E-state index in [1.807, 2.05) is 17.9 Å². The van der Waals surface area contributed by atoms with Crippen molar-refractivity contribution in [2.45, 2.75) is 12.3 Å². The standard InChI is InChI=1S/C19H24Cl2N6O/c1-22-19(27-8-5-14(12-27)15-10-25-26(2)11-15)24-7-6-23-18(28)13-3-4-16(20)17(21)9-13/h3-4,9-11,14H,5-8,12H2,1-2H3,(H,22,24)(H,23,28). The van der Waals surface area contributed by atoms with E-state index in [2.05, 4.69) is 31.8 Å². The summed E-state index contributed by atoms with van der Waals surface area (Å²) in [6.45, 7) is 2.89. The summed E-state index contributed by atoms with van der Waals surface area (Å²) in [7, 11) is 3.71. The molecule has 0 radical (unpaired) electrons. The van der Waals surface area contributed by atoms with Gasteiger partial charge in [0.05, 0.1) is 16.2 Å². The van der Waals surface area contributed by atoms with Crippen molar-refractivity contribution in [3.63, 3.8) is 0 Å². The minimum absolute atomic E-state index is 0.187. The van der Waals surface area contributed by atoms with Crippen LogP contribution in [0.1, 0.15) is 28.3 Å². The summed E-state index contributed by atoms with van der Waals surface area (Å²) >= 11 is 11.8. The number of hydrogen-bond acceptors (Lipinski definition) is 3. The summed E-state index contributed by atoms with van der Waals surface area (Å²) in [5.74, 6) is 1.12. The van der Waals surface area contributed by atoms with Gasteiger partial charge in [0.25, 0.3) is 5.91 Å². The molecule has 1 aliphatic rings. The number of nitrogens with zero attached hydrogens (tertiary/aromatic N) is 4. The first-order valence-corrected chi connectivity index (χ1v) is 9.91. The molecule has 0 aliphatic carbocycles. The second-order valence-corrected chi connectivity index (χ2v) is 7.55. The van der Waals surface area contributed by atoms with Crippen LogP contribution in [0.5, 0.6) is 0 Å². The maximum atomic E-state index is 12.2. The SMILES string of the molecule is CN=C(NCCNC(=O)c1ccc(Cl)c(Cl)c1)N1CCC(c2cnn(C)c2)C1. The average molecular weight is 423 g/mol. The first-order chi connectivity index (χ1) is 13.5. The predicted molar refractivity (Wildman–Crippen MR) is 112 cm³/mol. The molecule has 1 aromatic carbocycles. The van der Waals surface area contributed by atoms with Crippen molar-refractivity contribution in [3.05, 3.63) is 51.8 Å². The van der Waals surface area contributed by atoms with E-state index in [0.717, 1.165) is 25.5 Å². The molecule has 28 heavy (non-hydrogen) atoms. The van der Waals surface area contributed by atoms with Gasteiger partial charge in [-0.2, -0.15) is 5.10 Å². The number of aromatic nitrogens is 2. The zero-order valence-corrected chi connectivity index (χ0v) is 17.5. The summed E-state index contributed by atoms with van der Waals surface area (Å²) in [6, 6.07) is 4.83. The lowest BCUT2D eigenvalue weighted by Gasteiger charge is -2.21. The molecule has 150 valence electrons. The Balaban J connectivity index is 1.44. The second kappa shape index (κ2) is 9.30. The Kier molecular flexibility index (Phi) is 6.80. The molecule has 9 heteroatoms. The van der Waals surface area contributed by atoms with Gasteiger partial charge in [-0.3, -0.25) is 14.5 Å². The Morgan fingerprint density at radius 3 is 2.75 bits per heavy atom. The minimum Gasteiger partial charge on any atom is -0.354 e. The van der Waals surface area contributed by atoms with Gasteiger partial charge in [0.2, 0.25) is 0 Å². The van der Waals surface area contributed by atoms with E-state index < -0.39 is 0 Å². The number of amides is 1. The van der Waals surface area contributed by atoms with Crippen molar-refractivity contribution in [2.24, 2.45) is 12.0 Å². The Morgan fingerprint density at radius 2 is 2.07 bits per heavy atom. The van der Waals surface area contributed by atoms with Crippen LogP contribution in [-0.2, 0) is 7.05 Å². The highest BCUT2D eigenvalue weighted by Crippen LogP contribution is 2.26. The van der Waals surface area contributed by atoms with Crippen molar-refractivity contribution >= 4 is 35.1 Å². The second-order valence-electron chi connectivity index (χ2n) is 6.74. The van der Waals surface area contributed by atoms with E-state index in [0.29, 0.717) is 34.6 Å². The first kappa shape index (κ1) is 20.5. The van der Waals surface area contributed by atoms with Crippen molar-refractivity contribution in [3.8, 4) is 0 Å². The van der Waals surface area contributed by atoms with E-state index in [-0.39, 0.29) is 5.91 Å². The Labute approximate surface area is 174 Å². The minimum atomic E-state index is -0.187. The van der Waals surface area contributed by atoms with Gasteiger partial charge in [-0.15, -0.1) is 0 Å². The third kappa shape index (κ3) is 4.97. The molecule has 1 atom stereocenters. The van der Waals surface area contributed by atoms with E-state index in [1.54, 1.807) is 25.2 Å². The van der Waals surface area contributed by atoms with Gasteiger partial charge in [-0.1, -0.05) is 23.2 Å². The zero-order chi connectivity index (χ0) is 20.1. The number of carbonyl (C=O) groups is 1. The van der Waals surface area contributed by atoms with Crippen LogP contribution in [0.4, 0.5) is 0 Å². The molecule has 1 aromatic heterocycles. The van der Waals surface area contributed by atoms with Crippen LogP contribution in [0.15, 0.2) is 35.6 Å². The molecule has 1 unspecified atom stereocenters. The average Bonchev–Trinajstić information content (AvgIpc) is 3.33. The smallest absolute Gasteiger partial charge is 0.251 e. The van der Waals surface area contributed by atoms with E-state index >= 15 is 0 Å². The maximum absolute atomic E-state index is 12.2. The molecule has 7 nitrogen and oxygen atoms in total. The van der Waals surface area contributed by atoms with E-state index in [9.17, 15) is 4.79 Å². The molecule has 0 spiro atoms. The van der Waals surface area contributed by atoms with Gasteiger partial charge in [-0.25, -0.2) is 0 Å². The fraction of sp³-hybridized carbons (Fsp3) is 0.421. The molecule has 2 N–H and O–H groups in total. The van der Waals surface area contributed by atoms with Crippen LogP contribution in [0, 0.1) is 0 Å². The number of carbonyl (C=O) groups excluding carboxylic acids is 1. The summed E-state index contributed by atoms with van der Waals surface area (Å²) in [4.78, 5) is 18.8. The molecule has 0 saturated carbocycles. The van der Waals surface area contributed by atoms with Crippen LogP contribution in [-0.4, -0.2) is 59.8 Å². The fourth-order valence-corrected chi connectivity index (χ4v) is 3.60. The molecule has 2 aromatic rings. The number of aryl methyl sites for hydroxylation is 1. The summed E-state index contributed by atoms with van der Waals surface area (Å²) in [5, 5.41) is 11.2. The number of nitrogens with one attached hydrogen (secondary N) is 2. The van der Waals surface area contributed by atoms with Gasteiger partial charge >= 0.3 is 0 Å². The van der Waals surface area contributed by atoms with Crippen LogP contribution in [0.25, 0.3) is 0 Å². The highest BCUT2D eigenvalue weighted by molar-refractivity contribution is 6.42. The van der Waals surface area contributed by atoms with E-state index in [1.165, 1.54) is 5.56 Å². The maximum Gasteiger partial charge on any atom is 0.251 e. The van der Waals surface area contributed by atoms with Crippen molar-refractivity contribution in [2.75, 3.05) is 33.2 Å². The number of rotatable bonds is 5. The van der Waals surface area contributed by atoms with Gasteiger partial charge in [-0.05, 0) is 30.2 Å². The summed E-state index contributed by atoms with van der Waals surface area (Å²) in [6.07, 6.45) is 5.08. The highest BCUT2D eigenvalue weighted by Gasteiger charge is 2.26. The van der Waals surface area contributed by atoms with Gasteiger partial charge in [0.15, 0.2) is 5.96 Å². The lowest BCUT2D eigenvalue weighted by atomic mass is 10.0. The zero-order valence-electron chi connectivity index (χ0n) is 16.0. The van der Waals surface area contributed by atoms with Crippen LogP contribution in [0.3, 0.4) is 0 Å². The predicted octanol–water partition coefficient (Wildman–Crippen LogP) is 2.52. The van der Waals surface area contributed by atoms with Crippen molar-refractivity contribution in [1.82, 2.24) is 25.3 Å². The highest BCUT2D eigenvalue weighted by atomic mass is 35.5. The molecular formula is C19H24Cl2N6O. The Hall–Kier alpha value is -2.25. The van der Waals surface area contributed by atoms with Crippen LogP contribution >= 0.6 is 23.2 Å². The third-order valence-corrected chi connectivity index (χ3v) is 5.51. The lowest BCUT2D eigenvalue weighted by Crippen LogP contribution is -2.43. The van der Waals surface area contributed by atoms with Crippen molar-refractivity contribution in [1.29, 1.82) is 0 Å². The molecular weight excluding hydrogens is 399 g/mol. The number of likely N-dealkylation sites (tertiary alicyclic amines) is 1. The molecule has 2 heterocycles. The largest absolute Gasteiger partial charge is 0.354 e. The third-order valence-electron chi connectivity index (χ3n) is 4.77. The molecule has 1 aliphatic heterocycles. The quantitative estimate of drug-likeness (QED) is 0.440. The summed E-state index contributed by atoms with van der Waals surface area (Å²) < 4.78 is 1.83. The summed E-state index contributed by atoms with van der Waals surface area (Å²) in [5.41, 5.74) is 1.74. The fourth-order valence-electron chi connectivity index (χ4n) is 3.30. The van der Waals surface area contributed by atoms with Crippen LogP contribution in [0.2, 0.25) is 10.0 Å². The van der Waals surface area contributed by atoms with Crippen molar-refractivity contribution < 1.29 is 4.79 Å². The molecule has 3 rings (SSSR count). The number of hydrogen-bond donors (Lipinski definition) is 2. The van der Waals surface area contributed by atoms with Crippen LogP contribution < -0.4 is 10.6 Å². The number of aliphatic imine (C=N–C) groups is 1. The number of guanidine groups is 1. The van der Waals surface area contributed by atoms with Gasteiger partial charge < -0.3 is 15.5 Å². The topological polar surface area (TPSA) is 74.6 Å². The normalized spacial score (nSPS) is 17.1. The lowest BCUT2D eigenvalue weighted by molar-refractivity contribution is 0.0954. The molecule has 1 fully saturated rings. The first-order valence-electron chi connectivity index (χ1n) is 9.15. The number of halogens is 2. The van der Waals surface area contributed by atoms with Gasteiger partial charge in [0.1, 0.15) is 0 Å². The molecule has 0 bridgehead atoms. The Morgan fingerprint density at radius 1 is 1.29 bits per heavy atom. The number of benzene rings is 1.